The topological polar surface area (TPSA) is 41.6 Å². The summed E-state index contributed by atoms with van der Waals surface area (Å²) in [4.78, 5) is 15.2. The van der Waals surface area contributed by atoms with Gasteiger partial charge in [0, 0.05) is 6.54 Å². The number of nitrogens with one attached hydrogen (secondary N) is 1. The third-order valence-corrected chi connectivity index (χ3v) is 4.68. The average Bonchev–Trinajstić information content (AvgIpc) is 2.68. The number of ether oxygens (including phenoxy) is 1. The van der Waals surface area contributed by atoms with E-state index in [0.717, 1.165) is 10.8 Å². The number of carbonyl (C=O) groups is 1. The predicted octanol–water partition coefficient (Wildman–Crippen LogP) is 4.27. The first-order chi connectivity index (χ1) is 13.1. The molecule has 0 aliphatic rings. The van der Waals surface area contributed by atoms with Crippen LogP contribution in [0.15, 0.2) is 66.7 Å². The highest BCUT2D eigenvalue weighted by atomic mass is 16.5. The fourth-order valence-electron chi connectivity index (χ4n) is 3.31. The van der Waals surface area contributed by atoms with Crippen LogP contribution < -0.4 is 10.1 Å². The maximum absolute atomic E-state index is 13.1. The molecule has 0 bridgehead atoms. The number of nitrogens with zero attached hydrogens (tertiary/aromatic N) is 1. The summed E-state index contributed by atoms with van der Waals surface area (Å²) in [5.41, 5.74) is 1.77. The van der Waals surface area contributed by atoms with Crippen molar-refractivity contribution >= 4 is 16.7 Å². The van der Waals surface area contributed by atoms with E-state index >= 15 is 0 Å². The summed E-state index contributed by atoms with van der Waals surface area (Å²) in [7, 11) is 4.04. The van der Waals surface area contributed by atoms with Crippen LogP contribution in [0.4, 0.5) is 0 Å². The second-order valence-corrected chi connectivity index (χ2v) is 6.69. The molecule has 4 heteroatoms. The lowest BCUT2D eigenvalue weighted by atomic mass is 10.0. The SMILES string of the molecule is CCOc1ccc2ccccc2c1C(=O)NCC(c1ccccc1)N(C)C. The van der Waals surface area contributed by atoms with Gasteiger partial charge in [0.1, 0.15) is 5.75 Å². The summed E-state index contributed by atoms with van der Waals surface area (Å²) < 4.78 is 5.73. The Labute approximate surface area is 160 Å². The molecule has 140 valence electrons. The minimum atomic E-state index is -0.113. The van der Waals surface area contributed by atoms with Crippen LogP contribution in [-0.4, -0.2) is 38.1 Å². The lowest BCUT2D eigenvalue weighted by Gasteiger charge is -2.25. The first-order valence-electron chi connectivity index (χ1n) is 9.26. The molecule has 27 heavy (non-hydrogen) atoms. The van der Waals surface area contributed by atoms with Crippen molar-refractivity contribution in [3.63, 3.8) is 0 Å². The second kappa shape index (κ2) is 8.69. The minimum Gasteiger partial charge on any atom is -0.493 e. The first-order valence-corrected chi connectivity index (χ1v) is 9.26. The van der Waals surface area contributed by atoms with Crippen LogP contribution in [0.1, 0.15) is 28.9 Å². The zero-order chi connectivity index (χ0) is 19.2. The fraction of sp³-hybridized carbons (Fsp3) is 0.261. The first kappa shape index (κ1) is 18.9. The van der Waals surface area contributed by atoms with E-state index in [4.69, 9.17) is 4.74 Å². The Balaban J connectivity index is 1.88. The highest BCUT2D eigenvalue weighted by molar-refractivity contribution is 6.09. The molecule has 3 rings (SSSR count). The number of hydrogen-bond acceptors (Lipinski definition) is 3. The average molecular weight is 362 g/mol. The van der Waals surface area contributed by atoms with Crippen LogP contribution in [0.25, 0.3) is 10.8 Å². The number of likely N-dealkylation sites (N-methyl/N-ethyl adjacent to an activating group) is 1. The van der Waals surface area contributed by atoms with Crippen molar-refractivity contribution in [2.75, 3.05) is 27.2 Å². The highest BCUT2D eigenvalue weighted by Crippen LogP contribution is 2.28. The standard InChI is InChI=1S/C23H26N2O2/c1-4-27-21-15-14-17-10-8-9-13-19(17)22(21)23(26)24-16-20(25(2)3)18-11-6-5-7-12-18/h5-15,20H,4,16H2,1-3H3,(H,24,26). The van der Waals surface area contributed by atoms with Gasteiger partial charge in [-0.2, -0.15) is 0 Å². The van der Waals surface area contributed by atoms with E-state index in [9.17, 15) is 4.79 Å². The Morgan fingerprint density at radius 1 is 1.00 bits per heavy atom. The molecular formula is C23H26N2O2. The van der Waals surface area contributed by atoms with Gasteiger partial charge < -0.3 is 15.0 Å². The molecule has 0 spiro atoms. The predicted molar refractivity (Wildman–Crippen MR) is 110 cm³/mol. The van der Waals surface area contributed by atoms with Crippen LogP contribution in [0.3, 0.4) is 0 Å². The second-order valence-electron chi connectivity index (χ2n) is 6.69. The van der Waals surface area contributed by atoms with Gasteiger partial charge >= 0.3 is 0 Å². The molecular weight excluding hydrogens is 336 g/mol. The third kappa shape index (κ3) is 4.29. The minimum absolute atomic E-state index is 0.0978. The molecule has 1 amide bonds. The molecule has 4 nitrogen and oxygen atoms in total. The summed E-state index contributed by atoms with van der Waals surface area (Å²) in [5.74, 6) is 0.507. The molecule has 0 aliphatic heterocycles. The van der Waals surface area contributed by atoms with Crippen molar-refractivity contribution in [3.05, 3.63) is 77.9 Å². The van der Waals surface area contributed by atoms with E-state index in [2.05, 4.69) is 22.3 Å². The van der Waals surface area contributed by atoms with E-state index in [1.54, 1.807) is 0 Å². The van der Waals surface area contributed by atoms with E-state index in [-0.39, 0.29) is 11.9 Å². The monoisotopic (exact) mass is 362 g/mol. The van der Waals surface area contributed by atoms with Crippen molar-refractivity contribution in [1.29, 1.82) is 0 Å². The molecule has 0 saturated carbocycles. The van der Waals surface area contributed by atoms with Crippen LogP contribution in [0.5, 0.6) is 5.75 Å². The highest BCUT2D eigenvalue weighted by Gasteiger charge is 2.19. The number of carbonyl (C=O) groups excluding carboxylic acids is 1. The lowest BCUT2D eigenvalue weighted by Crippen LogP contribution is -2.34. The summed E-state index contributed by atoms with van der Waals surface area (Å²) in [6, 6.07) is 22.1. The van der Waals surface area contributed by atoms with Gasteiger partial charge in [-0.1, -0.05) is 60.7 Å². The van der Waals surface area contributed by atoms with Gasteiger partial charge in [-0.05, 0) is 43.4 Å². The number of amides is 1. The molecule has 0 aliphatic carbocycles. The molecule has 0 heterocycles. The summed E-state index contributed by atoms with van der Waals surface area (Å²) in [6.45, 7) is 2.96. The molecule has 0 saturated heterocycles. The number of benzene rings is 3. The number of rotatable bonds is 7. The van der Waals surface area contributed by atoms with Crippen LogP contribution in [0, 0.1) is 0 Å². The summed E-state index contributed by atoms with van der Waals surface area (Å²) in [6.07, 6.45) is 0. The van der Waals surface area contributed by atoms with E-state index < -0.39 is 0 Å². The van der Waals surface area contributed by atoms with Gasteiger partial charge in [0.15, 0.2) is 0 Å². The van der Waals surface area contributed by atoms with Gasteiger partial charge in [0.05, 0.1) is 18.2 Å². The molecule has 0 aromatic heterocycles. The lowest BCUT2D eigenvalue weighted by molar-refractivity contribution is 0.0940. The van der Waals surface area contributed by atoms with Crippen molar-refractivity contribution in [2.45, 2.75) is 13.0 Å². The van der Waals surface area contributed by atoms with E-state index in [0.29, 0.717) is 24.5 Å². The van der Waals surface area contributed by atoms with Crippen LogP contribution in [0.2, 0.25) is 0 Å². The maximum atomic E-state index is 13.1. The van der Waals surface area contributed by atoms with Crippen molar-refractivity contribution in [2.24, 2.45) is 0 Å². The molecule has 3 aromatic carbocycles. The molecule has 1 N–H and O–H groups in total. The molecule has 1 unspecified atom stereocenters. The number of hydrogen-bond donors (Lipinski definition) is 1. The Bertz CT molecular complexity index is 907. The van der Waals surface area contributed by atoms with Gasteiger partial charge in [0.25, 0.3) is 5.91 Å². The molecule has 1 atom stereocenters. The zero-order valence-electron chi connectivity index (χ0n) is 16.1. The van der Waals surface area contributed by atoms with E-state index in [1.165, 1.54) is 5.56 Å². The Hall–Kier alpha value is -2.85. The smallest absolute Gasteiger partial charge is 0.255 e. The normalized spacial score (nSPS) is 12.1. The zero-order valence-corrected chi connectivity index (χ0v) is 16.1. The maximum Gasteiger partial charge on any atom is 0.255 e. The van der Waals surface area contributed by atoms with Gasteiger partial charge in [-0.25, -0.2) is 0 Å². The van der Waals surface area contributed by atoms with Gasteiger partial charge in [-0.15, -0.1) is 0 Å². The Morgan fingerprint density at radius 3 is 2.41 bits per heavy atom. The number of fused-ring (bicyclic) bond motifs is 1. The molecule has 3 aromatic rings. The fourth-order valence-corrected chi connectivity index (χ4v) is 3.31. The van der Waals surface area contributed by atoms with Crippen LogP contribution >= 0.6 is 0 Å². The summed E-state index contributed by atoms with van der Waals surface area (Å²) in [5, 5.41) is 5.04. The quantitative estimate of drug-likeness (QED) is 0.682. The third-order valence-electron chi connectivity index (χ3n) is 4.68. The van der Waals surface area contributed by atoms with Crippen molar-refractivity contribution in [1.82, 2.24) is 10.2 Å². The molecule has 0 fully saturated rings. The molecule has 0 radical (unpaired) electrons. The van der Waals surface area contributed by atoms with E-state index in [1.807, 2.05) is 75.6 Å². The Morgan fingerprint density at radius 2 is 1.70 bits per heavy atom. The van der Waals surface area contributed by atoms with Crippen molar-refractivity contribution in [3.8, 4) is 5.75 Å². The van der Waals surface area contributed by atoms with Crippen molar-refractivity contribution < 1.29 is 9.53 Å². The largest absolute Gasteiger partial charge is 0.493 e. The summed E-state index contributed by atoms with van der Waals surface area (Å²) >= 11 is 0. The van der Waals surface area contributed by atoms with Crippen LogP contribution in [-0.2, 0) is 0 Å². The Kier molecular flexibility index (Phi) is 6.09. The van der Waals surface area contributed by atoms with Gasteiger partial charge in [-0.3, -0.25) is 4.79 Å². The van der Waals surface area contributed by atoms with Gasteiger partial charge in [0.2, 0.25) is 0 Å².